The zero-order chi connectivity index (χ0) is 22.5. The summed E-state index contributed by atoms with van der Waals surface area (Å²) in [5, 5.41) is 1.00. The third-order valence-corrected chi connectivity index (χ3v) is 6.43. The van der Waals surface area contributed by atoms with E-state index < -0.39 is 5.79 Å². The lowest BCUT2D eigenvalue weighted by Crippen LogP contribution is -2.27. The van der Waals surface area contributed by atoms with Crippen molar-refractivity contribution in [3.05, 3.63) is 48.4 Å². The zero-order valence-corrected chi connectivity index (χ0v) is 18.9. The summed E-state index contributed by atoms with van der Waals surface area (Å²) in [6.45, 7) is 4.61. The molecule has 7 heteroatoms. The summed E-state index contributed by atoms with van der Waals surface area (Å²) in [6, 6.07) is 10.2. The Morgan fingerprint density at radius 2 is 1.94 bits per heavy atom. The van der Waals surface area contributed by atoms with Crippen molar-refractivity contribution in [2.24, 2.45) is 5.92 Å². The second-order valence-electron chi connectivity index (χ2n) is 9.00. The molecule has 3 heterocycles. The van der Waals surface area contributed by atoms with E-state index in [1.807, 2.05) is 33.0 Å². The summed E-state index contributed by atoms with van der Waals surface area (Å²) in [5.41, 5.74) is 2.06. The van der Waals surface area contributed by atoms with Crippen molar-refractivity contribution < 1.29 is 14.2 Å². The Morgan fingerprint density at radius 3 is 2.66 bits per heavy atom. The third-order valence-electron chi connectivity index (χ3n) is 6.43. The molecule has 1 saturated heterocycles. The summed E-state index contributed by atoms with van der Waals surface area (Å²) in [5.74, 6) is 4.02. The standard InChI is InChI=1S/C25H28N4O3/c1-6-17-13-20(22-21(17)31-25(2,3)32-22)29-12-11-19-23(26-15-27-24(19)29)28(4)14-16-7-9-18(30-5)10-8-16/h1,7-12,15,17,20-22H,13-14H2,2-5H3/t17-,20+,21+,22-/m0/s1. The molecule has 4 atom stereocenters. The van der Waals surface area contributed by atoms with Crippen molar-refractivity contribution in [3.63, 3.8) is 0 Å². The molecule has 0 unspecified atom stereocenters. The van der Waals surface area contributed by atoms with Gasteiger partial charge in [0.15, 0.2) is 5.79 Å². The first-order chi connectivity index (χ1) is 15.4. The number of nitrogens with zero attached hydrogens (tertiary/aromatic N) is 4. The summed E-state index contributed by atoms with van der Waals surface area (Å²) < 4.78 is 19.8. The summed E-state index contributed by atoms with van der Waals surface area (Å²) in [7, 11) is 3.71. The minimum Gasteiger partial charge on any atom is -0.497 e. The van der Waals surface area contributed by atoms with Gasteiger partial charge in [0.2, 0.25) is 0 Å². The van der Waals surface area contributed by atoms with E-state index in [0.29, 0.717) is 0 Å². The van der Waals surface area contributed by atoms with E-state index in [1.54, 1.807) is 13.4 Å². The molecule has 0 amide bonds. The van der Waals surface area contributed by atoms with Gasteiger partial charge in [-0.15, -0.1) is 12.3 Å². The SMILES string of the molecule is C#C[C@H]1C[C@@H](n2ccc3c(N(C)Cc4ccc(OC)cc4)ncnc32)[C@@H]2OC(C)(C)O[C@@H]21. The quantitative estimate of drug-likeness (QED) is 0.572. The Bertz CT molecular complexity index is 1160. The Hall–Kier alpha value is -3.08. The fourth-order valence-electron chi connectivity index (χ4n) is 5.00. The molecule has 1 aromatic carbocycles. The van der Waals surface area contributed by atoms with E-state index >= 15 is 0 Å². The molecule has 3 aromatic rings. The number of ether oxygens (including phenoxy) is 3. The van der Waals surface area contributed by atoms with Gasteiger partial charge >= 0.3 is 0 Å². The highest BCUT2D eigenvalue weighted by Crippen LogP contribution is 2.47. The van der Waals surface area contributed by atoms with Crippen molar-refractivity contribution in [2.75, 3.05) is 19.1 Å². The Balaban J connectivity index is 1.45. The second kappa shape index (κ2) is 7.80. The molecule has 1 aliphatic heterocycles. The van der Waals surface area contributed by atoms with Gasteiger partial charge < -0.3 is 23.7 Å². The second-order valence-corrected chi connectivity index (χ2v) is 9.00. The van der Waals surface area contributed by atoms with Crippen LogP contribution < -0.4 is 9.64 Å². The van der Waals surface area contributed by atoms with Gasteiger partial charge in [-0.25, -0.2) is 9.97 Å². The lowest BCUT2D eigenvalue weighted by atomic mass is 10.1. The number of rotatable bonds is 5. The fraction of sp³-hybridized carbons (Fsp3) is 0.440. The molecule has 1 aliphatic carbocycles. The molecular formula is C25H28N4O3. The Labute approximate surface area is 188 Å². The topological polar surface area (TPSA) is 61.6 Å². The van der Waals surface area contributed by atoms with Crippen LogP contribution >= 0.6 is 0 Å². The first-order valence-corrected chi connectivity index (χ1v) is 10.9. The van der Waals surface area contributed by atoms with Crippen LogP contribution in [-0.4, -0.2) is 46.7 Å². The Morgan fingerprint density at radius 1 is 1.19 bits per heavy atom. The smallest absolute Gasteiger partial charge is 0.163 e. The van der Waals surface area contributed by atoms with E-state index in [0.717, 1.165) is 35.6 Å². The monoisotopic (exact) mass is 432 g/mol. The van der Waals surface area contributed by atoms with E-state index in [2.05, 4.69) is 49.8 Å². The maximum Gasteiger partial charge on any atom is 0.163 e. The number of benzene rings is 1. The molecule has 2 aromatic heterocycles. The molecule has 2 aliphatic rings. The maximum absolute atomic E-state index is 6.26. The first-order valence-electron chi connectivity index (χ1n) is 10.9. The van der Waals surface area contributed by atoms with E-state index in [4.69, 9.17) is 20.6 Å². The molecule has 166 valence electrons. The van der Waals surface area contributed by atoms with Crippen LogP contribution in [0.2, 0.25) is 0 Å². The van der Waals surface area contributed by atoms with E-state index in [1.165, 1.54) is 5.56 Å². The van der Waals surface area contributed by atoms with Gasteiger partial charge in [-0.1, -0.05) is 12.1 Å². The van der Waals surface area contributed by atoms with Gasteiger partial charge in [-0.05, 0) is 44.0 Å². The summed E-state index contributed by atoms with van der Waals surface area (Å²) in [4.78, 5) is 11.3. The number of fused-ring (bicyclic) bond motifs is 2. The van der Waals surface area contributed by atoms with Gasteiger partial charge in [0, 0.05) is 19.8 Å². The van der Waals surface area contributed by atoms with E-state index in [9.17, 15) is 0 Å². The molecule has 0 N–H and O–H groups in total. The maximum atomic E-state index is 6.26. The highest BCUT2D eigenvalue weighted by Gasteiger charge is 2.54. The highest BCUT2D eigenvalue weighted by atomic mass is 16.8. The van der Waals surface area contributed by atoms with Crippen LogP contribution in [-0.2, 0) is 16.0 Å². The van der Waals surface area contributed by atoms with Gasteiger partial charge in [0.1, 0.15) is 35.7 Å². The third kappa shape index (κ3) is 3.50. The number of anilines is 1. The fourth-order valence-corrected chi connectivity index (χ4v) is 5.00. The number of hydrogen-bond donors (Lipinski definition) is 0. The molecule has 0 bridgehead atoms. The number of aromatic nitrogens is 3. The van der Waals surface area contributed by atoms with Crippen LogP contribution in [0.5, 0.6) is 5.75 Å². The van der Waals surface area contributed by atoms with Crippen LogP contribution in [0.3, 0.4) is 0 Å². The lowest BCUT2D eigenvalue weighted by Gasteiger charge is -2.24. The number of methoxy groups -OCH3 is 1. The Kier molecular flexibility index (Phi) is 5.07. The van der Waals surface area contributed by atoms with Gasteiger partial charge in [0.05, 0.1) is 24.5 Å². The summed E-state index contributed by atoms with van der Waals surface area (Å²) in [6.07, 6.45) is 10.1. The van der Waals surface area contributed by atoms with Gasteiger partial charge in [-0.2, -0.15) is 0 Å². The highest BCUT2D eigenvalue weighted by molar-refractivity contribution is 5.87. The van der Waals surface area contributed by atoms with Gasteiger partial charge in [0.25, 0.3) is 0 Å². The summed E-state index contributed by atoms with van der Waals surface area (Å²) >= 11 is 0. The van der Waals surface area contributed by atoms with Gasteiger partial charge in [-0.3, -0.25) is 0 Å². The molecule has 1 saturated carbocycles. The normalized spacial score (nSPS) is 26.1. The predicted molar refractivity (Wildman–Crippen MR) is 122 cm³/mol. The molecule has 0 spiro atoms. The minimum absolute atomic E-state index is 0.0169. The van der Waals surface area contributed by atoms with Crippen LogP contribution in [0.25, 0.3) is 11.0 Å². The molecule has 2 fully saturated rings. The van der Waals surface area contributed by atoms with Crippen molar-refractivity contribution in [2.45, 2.75) is 50.8 Å². The van der Waals surface area contributed by atoms with Crippen molar-refractivity contribution >= 4 is 16.9 Å². The zero-order valence-electron chi connectivity index (χ0n) is 18.9. The van der Waals surface area contributed by atoms with E-state index in [-0.39, 0.29) is 24.2 Å². The molecule has 0 radical (unpaired) electrons. The van der Waals surface area contributed by atoms with Crippen molar-refractivity contribution in [1.29, 1.82) is 0 Å². The molecule has 5 rings (SSSR count). The molecule has 32 heavy (non-hydrogen) atoms. The largest absolute Gasteiger partial charge is 0.497 e. The molecule has 7 nitrogen and oxygen atoms in total. The predicted octanol–water partition coefficient (Wildman–Crippen LogP) is 3.79. The van der Waals surface area contributed by atoms with Crippen LogP contribution in [0.1, 0.15) is 31.9 Å². The van der Waals surface area contributed by atoms with Crippen molar-refractivity contribution in [3.8, 4) is 18.1 Å². The average molecular weight is 433 g/mol. The first kappa shape index (κ1) is 20.8. The molecular weight excluding hydrogens is 404 g/mol. The minimum atomic E-state index is -0.634. The number of terminal acetylenes is 1. The van der Waals surface area contributed by atoms with Crippen molar-refractivity contribution in [1.82, 2.24) is 14.5 Å². The van der Waals surface area contributed by atoms with Crippen LogP contribution in [0.4, 0.5) is 5.82 Å². The average Bonchev–Trinajstić information content (AvgIpc) is 3.44. The lowest BCUT2D eigenvalue weighted by molar-refractivity contribution is -0.158. The van der Waals surface area contributed by atoms with Crippen LogP contribution in [0.15, 0.2) is 42.9 Å². The van der Waals surface area contributed by atoms with Crippen LogP contribution in [0, 0.1) is 18.3 Å². The number of hydrogen-bond acceptors (Lipinski definition) is 6.